The van der Waals surface area contributed by atoms with Gasteiger partial charge in [-0.1, -0.05) is 114 Å². The van der Waals surface area contributed by atoms with Gasteiger partial charge in [-0.2, -0.15) is 0 Å². The third-order valence-electron chi connectivity index (χ3n) is 9.27. The maximum Gasteiger partial charge on any atom is 0.343 e. The molecule has 6 rings (SSSR count). The summed E-state index contributed by atoms with van der Waals surface area (Å²) in [5, 5.41) is 19.0. The maximum absolute atomic E-state index is 14.1. The summed E-state index contributed by atoms with van der Waals surface area (Å²) in [6.07, 6.45) is 7.21. The molecule has 1 N–H and O–H groups in total. The zero-order valence-electron chi connectivity index (χ0n) is 27.3. The molecule has 0 bridgehead atoms. The van der Waals surface area contributed by atoms with Crippen LogP contribution in [0.3, 0.4) is 0 Å². The van der Waals surface area contributed by atoms with Gasteiger partial charge in [0.2, 0.25) is 0 Å². The third-order valence-corrected chi connectivity index (χ3v) is 9.27. The van der Waals surface area contributed by atoms with Crippen LogP contribution in [0, 0.1) is 0 Å². The number of hydrogen-bond donors (Lipinski definition) is 1. The molecule has 0 saturated heterocycles. The van der Waals surface area contributed by atoms with Crippen LogP contribution >= 0.6 is 0 Å². The minimum absolute atomic E-state index is 0.000352. The van der Waals surface area contributed by atoms with Crippen molar-refractivity contribution < 1.29 is 19.4 Å². The summed E-state index contributed by atoms with van der Waals surface area (Å²) < 4.78 is 6.27. The Morgan fingerprint density at radius 3 is 1.50 bits per heavy atom. The molecule has 0 radical (unpaired) electrons. The first kappa shape index (κ1) is 31.3. The van der Waals surface area contributed by atoms with Crippen molar-refractivity contribution in [2.75, 3.05) is 0 Å². The number of rotatable bonds is 11. The molecule has 6 aromatic rings. The summed E-state index contributed by atoms with van der Waals surface area (Å²) in [4.78, 5) is 26.8. The van der Waals surface area contributed by atoms with Crippen LogP contribution < -0.4 is 4.74 Å². The molecular formula is C42H42O4. The van der Waals surface area contributed by atoms with Crippen molar-refractivity contribution in [3.8, 4) is 5.75 Å². The monoisotopic (exact) mass is 610 g/mol. The number of ether oxygens (including phenoxy) is 1. The molecule has 0 aliphatic carbocycles. The molecule has 0 saturated carbocycles. The lowest BCUT2D eigenvalue weighted by Gasteiger charge is -2.20. The molecule has 0 amide bonds. The number of aromatic carboxylic acids is 1. The minimum atomic E-state index is -1.11. The average molecular weight is 611 g/mol. The molecule has 4 nitrogen and oxygen atoms in total. The van der Waals surface area contributed by atoms with Crippen LogP contribution in [0.15, 0.2) is 78.9 Å². The Balaban J connectivity index is 1.59. The van der Waals surface area contributed by atoms with Crippen molar-refractivity contribution in [1.29, 1.82) is 0 Å². The van der Waals surface area contributed by atoms with E-state index in [4.69, 9.17) is 4.74 Å². The summed E-state index contributed by atoms with van der Waals surface area (Å²) >= 11 is 0. The van der Waals surface area contributed by atoms with Gasteiger partial charge in [0.05, 0.1) is 5.56 Å². The third kappa shape index (κ3) is 5.40. The second-order valence-electron chi connectivity index (χ2n) is 12.3. The molecule has 0 atom stereocenters. The van der Waals surface area contributed by atoms with Crippen LogP contribution in [0.1, 0.15) is 96.3 Å². The fourth-order valence-electron chi connectivity index (χ4n) is 7.40. The number of carbonyl (C=O) groups excluding carboxylic acids is 1. The summed E-state index contributed by atoms with van der Waals surface area (Å²) in [5.74, 6) is -1.52. The Hall–Kier alpha value is -4.70. The van der Waals surface area contributed by atoms with E-state index in [1.807, 2.05) is 24.3 Å². The molecular weight excluding hydrogens is 568 g/mol. The Morgan fingerprint density at radius 1 is 0.543 bits per heavy atom. The van der Waals surface area contributed by atoms with Crippen molar-refractivity contribution in [3.63, 3.8) is 0 Å². The van der Waals surface area contributed by atoms with Gasteiger partial charge in [-0.25, -0.2) is 9.59 Å². The minimum Gasteiger partial charge on any atom is -0.478 e. The highest BCUT2D eigenvalue weighted by molar-refractivity contribution is 6.13. The molecule has 0 fully saturated rings. The smallest absolute Gasteiger partial charge is 0.343 e. The lowest BCUT2D eigenvalue weighted by molar-refractivity contribution is 0.0682. The molecule has 0 aromatic heterocycles. The van der Waals surface area contributed by atoms with Gasteiger partial charge in [0.15, 0.2) is 5.75 Å². The second-order valence-corrected chi connectivity index (χ2v) is 12.3. The van der Waals surface area contributed by atoms with Gasteiger partial charge >= 0.3 is 11.9 Å². The maximum atomic E-state index is 14.1. The van der Waals surface area contributed by atoms with Crippen LogP contribution in [0.2, 0.25) is 0 Å². The normalized spacial score (nSPS) is 11.6. The number of aryl methyl sites for hydroxylation is 4. The first-order valence-electron chi connectivity index (χ1n) is 16.8. The Labute approximate surface area is 271 Å². The fourth-order valence-corrected chi connectivity index (χ4v) is 7.40. The quantitative estimate of drug-likeness (QED) is 0.0900. The number of esters is 1. The molecule has 0 unspecified atom stereocenters. The van der Waals surface area contributed by atoms with Gasteiger partial charge in [-0.15, -0.1) is 0 Å². The molecule has 234 valence electrons. The van der Waals surface area contributed by atoms with E-state index in [2.05, 4.69) is 76.2 Å². The Bertz CT molecular complexity index is 2120. The summed E-state index contributed by atoms with van der Waals surface area (Å²) in [7, 11) is 0. The van der Waals surface area contributed by atoms with Gasteiger partial charge in [0.25, 0.3) is 0 Å². The number of carboxylic acid groups (broad SMARTS) is 1. The summed E-state index contributed by atoms with van der Waals surface area (Å²) in [5.41, 5.74) is 5.14. The van der Waals surface area contributed by atoms with Gasteiger partial charge in [-0.3, -0.25) is 0 Å². The molecule has 46 heavy (non-hydrogen) atoms. The van der Waals surface area contributed by atoms with Gasteiger partial charge in [-0.05, 0) is 104 Å². The van der Waals surface area contributed by atoms with E-state index in [0.29, 0.717) is 5.56 Å². The van der Waals surface area contributed by atoms with E-state index in [1.165, 1.54) is 27.3 Å². The van der Waals surface area contributed by atoms with Crippen LogP contribution in [-0.2, 0) is 25.7 Å². The first-order valence-corrected chi connectivity index (χ1v) is 16.8. The molecule has 0 aliphatic heterocycles. The van der Waals surface area contributed by atoms with Gasteiger partial charge in [0, 0.05) is 5.39 Å². The number of fused-ring (bicyclic) bond motifs is 4. The van der Waals surface area contributed by atoms with E-state index < -0.39 is 11.9 Å². The van der Waals surface area contributed by atoms with Crippen molar-refractivity contribution in [3.05, 3.63) is 112 Å². The second kappa shape index (κ2) is 13.3. The van der Waals surface area contributed by atoms with Crippen LogP contribution in [0.4, 0.5) is 0 Å². The predicted molar refractivity (Wildman–Crippen MR) is 191 cm³/mol. The Kier molecular flexibility index (Phi) is 9.08. The van der Waals surface area contributed by atoms with Crippen molar-refractivity contribution in [2.24, 2.45) is 0 Å². The zero-order chi connectivity index (χ0) is 32.4. The van der Waals surface area contributed by atoms with E-state index in [-0.39, 0.29) is 11.3 Å². The SMILES string of the molecule is CCCc1c2ccccc2c(CCC)c2cc(C(=O)Oc3c(C(=O)O)ccc4c(CCC)c5ccccc5c(CCC)c34)ccc12. The highest BCUT2D eigenvalue weighted by Crippen LogP contribution is 2.42. The molecule has 0 spiro atoms. The van der Waals surface area contributed by atoms with Crippen LogP contribution in [-0.4, -0.2) is 17.0 Å². The average Bonchev–Trinajstić information content (AvgIpc) is 3.07. The highest BCUT2D eigenvalue weighted by atomic mass is 16.5. The van der Waals surface area contributed by atoms with Crippen molar-refractivity contribution in [1.82, 2.24) is 0 Å². The fraction of sp³-hybridized carbons (Fsp3) is 0.286. The summed E-state index contributed by atoms with van der Waals surface area (Å²) in [6.45, 7) is 8.64. The van der Waals surface area contributed by atoms with Crippen molar-refractivity contribution in [2.45, 2.75) is 79.1 Å². The summed E-state index contributed by atoms with van der Waals surface area (Å²) in [6, 6.07) is 26.3. The molecule has 0 heterocycles. The van der Waals surface area contributed by atoms with Crippen LogP contribution in [0.5, 0.6) is 5.75 Å². The van der Waals surface area contributed by atoms with E-state index in [1.54, 1.807) is 6.07 Å². The number of benzene rings is 6. The topological polar surface area (TPSA) is 63.6 Å². The highest BCUT2D eigenvalue weighted by Gasteiger charge is 2.25. The number of carboxylic acids is 1. The molecule has 4 heteroatoms. The van der Waals surface area contributed by atoms with E-state index in [0.717, 1.165) is 89.4 Å². The molecule has 0 aliphatic rings. The van der Waals surface area contributed by atoms with E-state index >= 15 is 0 Å². The largest absolute Gasteiger partial charge is 0.478 e. The lowest BCUT2D eigenvalue weighted by atomic mass is 9.86. The van der Waals surface area contributed by atoms with Gasteiger partial charge < -0.3 is 9.84 Å². The van der Waals surface area contributed by atoms with Gasteiger partial charge in [0.1, 0.15) is 5.56 Å². The molecule has 6 aromatic carbocycles. The standard InChI is InChI=1S/C42H42O4/c1-5-13-27-30-17-9-10-19-32(30)29(15-7-3)38-25-26(21-22-34(27)38)42(45)46-40-37(41(43)44)24-23-36-28(14-6-2)31-18-11-12-20-33(31)35(16-8-4)39(36)40/h9-12,17-25H,5-8,13-16H2,1-4H3,(H,43,44). The van der Waals surface area contributed by atoms with Crippen LogP contribution in [0.25, 0.3) is 43.1 Å². The Morgan fingerprint density at radius 2 is 0.978 bits per heavy atom. The number of hydrogen-bond acceptors (Lipinski definition) is 3. The predicted octanol–water partition coefficient (Wildman–Crippen LogP) is 11.0. The van der Waals surface area contributed by atoms with Crippen molar-refractivity contribution >= 4 is 55.0 Å². The lowest BCUT2D eigenvalue weighted by Crippen LogP contribution is -2.13. The van der Waals surface area contributed by atoms with E-state index in [9.17, 15) is 14.7 Å². The zero-order valence-corrected chi connectivity index (χ0v) is 27.3. The first-order chi connectivity index (χ1) is 22.4. The number of carbonyl (C=O) groups is 2.